The van der Waals surface area contributed by atoms with Gasteiger partial charge in [0.05, 0.1) is 29.1 Å². The monoisotopic (exact) mass is 524 g/mol. The molecule has 0 saturated carbocycles. The summed E-state index contributed by atoms with van der Waals surface area (Å²) in [5, 5.41) is 0. The maximum Gasteiger partial charge on any atom is 0.340 e. The number of benzene rings is 3. The third-order valence-corrected chi connectivity index (χ3v) is 6.31. The number of ether oxygens (including phenoxy) is 1. The van der Waals surface area contributed by atoms with Gasteiger partial charge >= 0.3 is 5.97 Å². The van der Waals surface area contributed by atoms with E-state index in [-0.39, 0.29) is 12.4 Å². The molecule has 0 N–H and O–H groups in total. The van der Waals surface area contributed by atoms with E-state index in [1.54, 1.807) is 35.9 Å². The number of rotatable bonds is 6. The Labute approximate surface area is 211 Å². The van der Waals surface area contributed by atoms with E-state index in [0.717, 1.165) is 21.2 Å². The summed E-state index contributed by atoms with van der Waals surface area (Å²) in [6, 6.07) is 28.7. The zero-order chi connectivity index (χ0) is 24.4. The standard InChI is InChI=1S/C29H21BrN2O3/c1-2-35-29(34)24-16-27(28(33)22-12-14-23(30)15-13-22)32-18-31-25(17-26(24)32)21-10-8-20(9-11-21)19-6-4-3-5-7-19/h3-18H,2H2,1H3. The fourth-order valence-electron chi connectivity index (χ4n) is 4.02. The van der Waals surface area contributed by atoms with E-state index in [0.29, 0.717) is 28.0 Å². The molecule has 0 atom stereocenters. The smallest absolute Gasteiger partial charge is 0.340 e. The van der Waals surface area contributed by atoms with Gasteiger partial charge in [-0.2, -0.15) is 0 Å². The normalized spacial score (nSPS) is 10.9. The van der Waals surface area contributed by atoms with Crippen molar-refractivity contribution >= 4 is 33.2 Å². The molecule has 5 aromatic rings. The van der Waals surface area contributed by atoms with Crippen LogP contribution in [0, 0.1) is 0 Å². The first-order valence-electron chi connectivity index (χ1n) is 11.2. The van der Waals surface area contributed by atoms with Gasteiger partial charge in [0.15, 0.2) is 0 Å². The zero-order valence-corrected chi connectivity index (χ0v) is 20.5. The summed E-state index contributed by atoms with van der Waals surface area (Å²) >= 11 is 3.39. The van der Waals surface area contributed by atoms with Crippen molar-refractivity contribution in [2.24, 2.45) is 0 Å². The van der Waals surface area contributed by atoms with E-state index in [4.69, 9.17) is 4.74 Å². The minimum absolute atomic E-state index is 0.204. The van der Waals surface area contributed by atoms with Gasteiger partial charge in [0, 0.05) is 15.6 Å². The third-order valence-electron chi connectivity index (χ3n) is 5.78. The van der Waals surface area contributed by atoms with Crippen molar-refractivity contribution in [3.63, 3.8) is 0 Å². The van der Waals surface area contributed by atoms with E-state index in [2.05, 4.69) is 33.0 Å². The fraction of sp³-hybridized carbons (Fsp3) is 0.0690. The molecule has 3 aromatic carbocycles. The molecule has 0 spiro atoms. The highest BCUT2D eigenvalue weighted by molar-refractivity contribution is 9.10. The van der Waals surface area contributed by atoms with E-state index in [1.165, 1.54) is 0 Å². The number of hydrogen-bond acceptors (Lipinski definition) is 4. The second-order valence-electron chi connectivity index (χ2n) is 7.97. The van der Waals surface area contributed by atoms with Crippen LogP contribution in [0.25, 0.3) is 27.9 Å². The SMILES string of the molecule is CCOC(=O)c1cc(C(=O)c2ccc(Br)cc2)n2cnc(-c3ccc(-c4ccccc4)cc3)cc12. The molecule has 2 heterocycles. The van der Waals surface area contributed by atoms with Gasteiger partial charge in [0.25, 0.3) is 0 Å². The molecule has 2 aromatic heterocycles. The van der Waals surface area contributed by atoms with Gasteiger partial charge in [-0.1, -0.05) is 70.5 Å². The first-order valence-corrected chi connectivity index (χ1v) is 12.0. The van der Waals surface area contributed by atoms with Crippen LogP contribution in [0.3, 0.4) is 0 Å². The lowest BCUT2D eigenvalue weighted by Gasteiger charge is -2.07. The van der Waals surface area contributed by atoms with Crippen LogP contribution < -0.4 is 0 Å². The molecular weight excluding hydrogens is 504 g/mol. The maximum atomic E-state index is 13.3. The molecule has 0 aliphatic heterocycles. The number of fused-ring (bicyclic) bond motifs is 1. The molecule has 0 aliphatic rings. The molecule has 0 unspecified atom stereocenters. The molecule has 0 radical (unpaired) electrons. The summed E-state index contributed by atoms with van der Waals surface area (Å²) in [6.45, 7) is 2.00. The second kappa shape index (κ2) is 9.68. The molecule has 5 rings (SSSR count). The van der Waals surface area contributed by atoms with E-state index >= 15 is 0 Å². The van der Waals surface area contributed by atoms with Gasteiger partial charge in [-0.25, -0.2) is 9.78 Å². The topological polar surface area (TPSA) is 60.7 Å². The van der Waals surface area contributed by atoms with Crippen molar-refractivity contribution in [2.45, 2.75) is 6.92 Å². The Morgan fingerprint density at radius 1 is 0.857 bits per heavy atom. The van der Waals surface area contributed by atoms with Crippen LogP contribution in [0.4, 0.5) is 0 Å². The highest BCUT2D eigenvalue weighted by Gasteiger charge is 2.22. The number of nitrogens with zero attached hydrogens (tertiary/aromatic N) is 2. The Kier molecular flexibility index (Phi) is 6.29. The van der Waals surface area contributed by atoms with Crippen LogP contribution >= 0.6 is 15.9 Å². The van der Waals surface area contributed by atoms with E-state index in [9.17, 15) is 9.59 Å². The Balaban J connectivity index is 1.58. The maximum absolute atomic E-state index is 13.3. The highest BCUT2D eigenvalue weighted by atomic mass is 79.9. The van der Waals surface area contributed by atoms with Crippen LogP contribution in [0.15, 0.2) is 102 Å². The van der Waals surface area contributed by atoms with Crippen molar-refractivity contribution < 1.29 is 14.3 Å². The van der Waals surface area contributed by atoms with Crippen LogP contribution in [-0.2, 0) is 4.74 Å². The van der Waals surface area contributed by atoms with Crippen molar-refractivity contribution in [1.82, 2.24) is 9.38 Å². The Hall–Kier alpha value is -4.03. The number of esters is 1. The molecule has 0 aliphatic carbocycles. The minimum Gasteiger partial charge on any atom is -0.462 e. The average Bonchev–Trinajstić information content (AvgIpc) is 3.28. The summed E-state index contributed by atoms with van der Waals surface area (Å²) in [7, 11) is 0. The van der Waals surface area contributed by atoms with Crippen LogP contribution in [0.1, 0.15) is 33.3 Å². The van der Waals surface area contributed by atoms with Crippen molar-refractivity contribution in [1.29, 1.82) is 0 Å². The molecule has 6 heteroatoms. The Morgan fingerprint density at radius 3 is 2.20 bits per heavy atom. The van der Waals surface area contributed by atoms with Gasteiger partial charge in [-0.3, -0.25) is 9.20 Å². The number of aromatic nitrogens is 2. The Morgan fingerprint density at radius 2 is 1.51 bits per heavy atom. The number of halogens is 1. The van der Waals surface area contributed by atoms with Crippen molar-refractivity contribution in [2.75, 3.05) is 6.61 Å². The first kappa shape index (κ1) is 22.7. The molecular formula is C29H21BrN2O3. The summed E-state index contributed by atoms with van der Waals surface area (Å²) in [5.74, 6) is -0.679. The molecule has 0 bridgehead atoms. The second-order valence-corrected chi connectivity index (χ2v) is 8.89. The summed E-state index contributed by atoms with van der Waals surface area (Å²) in [4.78, 5) is 30.6. The number of ketones is 1. The zero-order valence-electron chi connectivity index (χ0n) is 18.9. The van der Waals surface area contributed by atoms with Crippen molar-refractivity contribution in [3.8, 4) is 22.4 Å². The fourth-order valence-corrected chi connectivity index (χ4v) is 4.28. The first-order chi connectivity index (χ1) is 17.0. The molecule has 0 fully saturated rings. The summed E-state index contributed by atoms with van der Waals surface area (Å²) < 4.78 is 7.80. The van der Waals surface area contributed by atoms with Gasteiger partial charge in [0.1, 0.15) is 6.33 Å². The molecule has 0 amide bonds. The average molecular weight is 525 g/mol. The lowest BCUT2D eigenvalue weighted by molar-refractivity contribution is 0.0529. The lowest BCUT2D eigenvalue weighted by atomic mass is 10.0. The van der Waals surface area contributed by atoms with Gasteiger partial charge < -0.3 is 4.74 Å². The number of carbonyl (C=O) groups excluding carboxylic acids is 2. The van der Waals surface area contributed by atoms with E-state index in [1.807, 2.05) is 60.7 Å². The summed E-state index contributed by atoms with van der Waals surface area (Å²) in [6.07, 6.45) is 1.59. The quantitative estimate of drug-likeness (QED) is 0.180. The third kappa shape index (κ3) is 4.53. The number of hydrogen-bond donors (Lipinski definition) is 0. The van der Waals surface area contributed by atoms with Gasteiger partial charge in [-0.05, 0) is 54.4 Å². The Bertz CT molecular complexity index is 1520. The van der Waals surface area contributed by atoms with Gasteiger partial charge in [-0.15, -0.1) is 0 Å². The van der Waals surface area contributed by atoms with Gasteiger partial charge in [0.2, 0.25) is 5.78 Å². The van der Waals surface area contributed by atoms with Crippen LogP contribution in [0.5, 0.6) is 0 Å². The van der Waals surface area contributed by atoms with Crippen molar-refractivity contribution in [3.05, 3.63) is 119 Å². The summed E-state index contributed by atoms with van der Waals surface area (Å²) in [5.41, 5.74) is 5.61. The van der Waals surface area contributed by atoms with E-state index < -0.39 is 5.97 Å². The highest BCUT2D eigenvalue weighted by Crippen LogP contribution is 2.27. The largest absolute Gasteiger partial charge is 0.462 e. The molecule has 5 nitrogen and oxygen atoms in total. The van der Waals surface area contributed by atoms with Crippen LogP contribution in [-0.4, -0.2) is 27.7 Å². The molecule has 172 valence electrons. The van der Waals surface area contributed by atoms with Crippen LogP contribution in [0.2, 0.25) is 0 Å². The predicted octanol–water partition coefficient (Wildman–Crippen LogP) is 6.84. The predicted molar refractivity (Wildman–Crippen MR) is 140 cm³/mol. The number of carbonyl (C=O) groups is 2. The molecule has 0 saturated heterocycles. The lowest BCUT2D eigenvalue weighted by Crippen LogP contribution is -2.05. The minimum atomic E-state index is -0.476. The molecule has 35 heavy (non-hydrogen) atoms.